The molecular weight excluding hydrogens is 346 g/mol. The predicted molar refractivity (Wildman–Crippen MR) is 103 cm³/mol. The lowest BCUT2D eigenvalue weighted by Gasteiger charge is -2.36. The number of para-hydroxylation sites is 1. The average Bonchev–Trinajstić information content (AvgIpc) is 2.73. The Balaban J connectivity index is 1.41. The molecule has 1 aliphatic rings. The summed E-state index contributed by atoms with van der Waals surface area (Å²) in [6.07, 6.45) is 1.50. The van der Waals surface area contributed by atoms with Crippen LogP contribution >= 0.6 is 0 Å². The van der Waals surface area contributed by atoms with E-state index in [1.807, 2.05) is 18.2 Å². The van der Waals surface area contributed by atoms with Crippen molar-refractivity contribution >= 4 is 23.3 Å². The van der Waals surface area contributed by atoms with Crippen LogP contribution in [-0.2, 0) is 4.79 Å². The lowest BCUT2D eigenvalue weighted by molar-refractivity contribution is -0.115. The number of nitrogens with one attached hydrogen (secondary N) is 2. The van der Waals surface area contributed by atoms with Crippen LogP contribution in [0.25, 0.3) is 0 Å². The molecule has 0 spiro atoms. The quantitative estimate of drug-likeness (QED) is 0.835. The molecule has 8 heteroatoms. The highest BCUT2D eigenvalue weighted by molar-refractivity contribution is 5.94. The van der Waals surface area contributed by atoms with Crippen LogP contribution in [0.15, 0.2) is 48.7 Å². The van der Waals surface area contributed by atoms with Crippen molar-refractivity contribution in [2.75, 3.05) is 50.1 Å². The van der Waals surface area contributed by atoms with Crippen molar-refractivity contribution < 1.29 is 14.3 Å². The molecule has 2 N–H and O–H groups in total. The second-order valence-corrected chi connectivity index (χ2v) is 6.11. The fourth-order valence-corrected chi connectivity index (χ4v) is 2.85. The molecular formula is C19H23N5O3. The predicted octanol–water partition coefficient (Wildman–Crippen LogP) is 1.56. The monoisotopic (exact) mass is 369 g/mol. The number of hydrogen-bond acceptors (Lipinski definition) is 5. The van der Waals surface area contributed by atoms with Crippen LogP contribution in [0.4, 0.5) is 16.2 Å². The Hall–Kier alpha value is -3.29. The van der Waals surface area contributed by atoms with Crippen LogP contribution in [-0.4, -0.2) is 61.7 Å². The highest BCUT2D eigenvalue weighted by atomic mass is 16.5. The van der Waals surface area contributed by atoms with Crippen molar-refractivity contribution in [3.05, 3.63) is 48.7 Å². The van der Waals surface area contributed by atoms with Crippen LogP contribution < -0.4 is 20.3 Å². The van der Waals surface area contributed by atoms with Crippen LogP contribution in [0.3, 0.4) is 0 Å². The van der Waals surface area contributed by atoms with E-state index in [1.165, 1.54) is 13.3 Å². The summed E-state index contributed by atoms with van der Waals surface area (Å²) in [6.45, 7) is 2.67. The first-order valence-electron chi connectivity index (χ1n) is 8.78. The fourth-order valence-electron chi connectivity index (χ4n) is 2.85. The number of piperazine rings is 1. The SMILES string of the molecule is COc1ccc(NC(=O)CNC(=O)N2CCN(c3ccccc3)CC2)cn1. The van der Waals surface area contributed by atoms with E-state index in [1.54, 1.807) is 17.0 Å². The van der Waals surface area contributed by atoms with Crippen molar-refractivity contribution in [1.29, 1.82) is 0 Å². The Bertz CT molecular complexity index is 759. The molecule has 3 amide bonds. The van der Waals surface area contributed by atoms with E-state index in [-0.39, 0.29) is 18.5 Å². The zero-order chi connectivity index (χ0) is 19.1. The molecule has 1 saturated heterocycles. The Labute approximate surface area is 158 Å². The number of urea groups is 1. The van der Waals surface area contributed by atoms with Crippen molar-refractivity contribution in [3.8, 4) is 5.88 Å². The minimum Gasteiger partial charge on any atom is -0.481 e. The summed E-state index contributed by atoms with van der Waals surface area (Å²) < 4.78 is 4.97. The number of carbonyl (C=O) groups excluding carboxylic acids is 2. The van der Waals surface area contributed by atoms with Crippen molar-refractivity contribution in [2.24, 2.45) is 0 Å². The van der Waals surface area contributed by atoms with Crippen LogP contribution in [0.2, 0.25) is 0 Å². The number of hydrogen-bond donors (Lipinski definition) is 2. The molecule has 8 nitrogen and oxygen atoms in total. The minimum atomic E-state index is -0.307. The molecule has 27 heavy (non-hydrogen) atoms. The molecule has 2 heterocycles. The largest absolute Gasteiger partial charge is 0.481 e. The zero-order valence-corrected chi connectivity index (χ0v) is 15.2. The van der Waals surface area contributed by atoms with Gasteiger partial charge in [0.05, 0.1) is 25.5 Å². The molecule has 1 aliphatic heterocycles. The number of benzene rings is 1. The smallest absolute Gasteiger partial charge is 0.317 e. The summed E-state index contributed by atoms with van der Waals surface area (Å²) in [5.41, 5.74) is 1.71. The Morgan fingerprint density at radius 2 is 1.81 bits per heavy atom. The Morgan fingerprint density at radius 3 is 2.44 bits per heavy atom. The third kappa shape index (κ3) is 5.10. The molecule has 1 aromatic carbocycles. The molecule has 1 fully saturated rings. The number of pyridine rings is 1. The summed E-state index contributed by atoms with van der Waals surface area (Å²) in [7, 11) is 1.52. The van der Waals surface area contributed by atoms with E-state index in [2.05, 4.69) is 32.7 Å². The van der Waals surface area contributed by atoms with Crippen molar-refractivity contribution in [2.45, 2.75) is 0 Å². The normalized spacial score (nSPS) is 13.8. The van der Waals surface area contributed by atoms with Gasteiger partial charge >= 0.3 is 6.03 Å². The van der Waals surface area contributed by atoms with Crippen LogP contribution in [0.5, 0.6) is 5.88 Å². The van der Waals surface area contributed by atoms with Crippen molar-refractivity contribution in [3.63, 3.8) is 0 Å². The van der Waals surface area contributed by atoms with Gasteiger partial charge in [0.2, 0.25) is 11.8 Å². The Kier molecular flexibility index (Phi) is 6.09. The van der Waals surface area contributed by atoms with Crippen LogP contribution in [0.1, 0.15) is 0 Å². The van der Waals surface area contributed by atoms with Gasteiger partial charge < -0.3 is 25.2 Å². The highest BCUT2D eigenvalue weighted by Gasteiger charge is 2.21. The third-order valence-electron chi connectivity index (χ3n) is 4.32. The first kappa shape index (κ1) is 18.5. The summed E-state index contributed by atoms with van der Waals surface area (Å²) in [5, 5.41) is 5.34. The second kappa shape index (κ2) is 8.88. The van der Waals surface area contributed by atoms with Gasteiger partial charge in [-0.15, -0.1) is 0 Å². The lowest BCUT2D eigenvalue weighted by Crippen LogP contribution is -2.52. The summed E-state index contributed by atoms with van der Waals surface area (Å²) in [5.74, 6) is 0.161. The van der Waals surface area contributed by atoms with E-state index in [0.29, 0.717) is 24.7 Å². The maximum Gasteiger partial charge on any atom is 0.317 e. The van der Waals surface area contributed by atoms with Gasteiger partial charge in [-0.3, -0.25) is 4.79 Å². The molecule has 0 unspecified atom stereocenters. The van der Waals surface area contributed by atoms with Gasteiger partial charge in [0, 0.05) is 37.9 Å². The molecule has 1 aromatic heterocycles. The van der Waals surface area contributed by atoms with E-state index >= 15 is 0 Å². The highest BCUT2D eigenvalue weighted by Crippen LogP contribution is 2.15. The Morgan fingerprint density at radius 1 is 1.07 bits per heavy atom. The van der Waals surface area contributed by atoms with Gasteiger partial charge in [0.1, 0.15) is 0 Å². The van der Waals surface area contributed by atoms with Crippen LogP contribution in [0, 0.1) is 0 Å². The first-order chi connectivity index (χ1) is 13.2. The van der Waals surface area contributed by atoms with Crippen molar-refractivity contribution in [1.82, 2.24) is 15.2 Å². The topological polar surface area (TPSA) is 86.8 Å². The standard InChI is InChI=1S/C19H23N5O3/c1-27-18-8-7-15(13-20-18)22-17(25)14-21-19(26)24-11-9-23(10-12-24)16-5-3-2-4-6-16/h2-8,13H,9-12,14H2,1H3,(H,21,26)(H,22,25). The average molecular weight is 369 g/mol. The third-order valence-corrected chi connectivity index (χ3v) is 4.32. The summed E-state index contributed by atoms with van der Waals surface area (Å²) in [6, 6.07) is 13.2. The van der Waals surface area contributed by atoms with Gasteiger partial charge in [-0.2, -0.15) is 0 Å². The number of anilines is 2. The number of nitrogens with zero attached hydrogens (tertiary/aromatic N) is 3. The number of aromatic nitrogens is 1. The van der Waals surface area contributed by atoms with E-state index < -0.39 is 0 Å². The molecule has 0 radical (unpaired) electrons. The molecule has 142 valence electrons. The zero-order valence-electron chi connectivity index (χ0n) is 15.2. The summed E-state index contributed by atoms with van der Waals surface area (Å²) in [4.78, 5) is 32.2. The molecule has 0 saturated carbocycles. The minimum absolute atomic E-state index is 0.0935. The van der Waals surface area contributed by atoms with Gasteiger partial charge in [-0.1, -0.05) is 18.2 Å². The van der Waals surface area contributed by atoms with Gasteiger partial charge in [-0.05, 0) is 18.2 Å². The maximum absolute atomic E-state index is 12.3. The summed E-state index contributed by atoms with van der Waals surface area (Å²) >= 11 is 0. The van der Waals surface area contributed by atoms with E-state index in [0.717, 1.165) is 18.8 Å². The molecule has 2 aromatic rings. The van der Waals surface area contributed by atoms with Gasteiger partial charge in [0.15, 0.2) is 0 Å². The number of carbonyl (C=O) groups is 2. The number of rotatable bonds is 5. The van der Waals surface area contributed by atoms with Gasteiger partial charge in [-0.25, -0.2) is 9.78 Å². The number of amides is 3. The molecule has 0 bridgehead atoms. The number of methoxy groups -OCH3 is 1. The van der Waals surface area contributed by atoms with E-state index in [9.17, 15) is 9.59 Å². The lowest BCUT2D eigenvalue weighted by atomic mass is 10.2. The van der Waals surface area contributed by atoms with E-state index in [4.69, 9.17) is 4.74 Å². The molecule has 0 aliphatic carbocycles. The molecule has 3 rings (SSSR count). The fraction of sp³-hybridized carbons (Fsp3) is 0.316. The number of ether oxygens (including phenoxy) is 1. The maximum atomic E-state index is 12.3. The van der Waals surface area contributed by atoms with Gasteiger partial charge in [0.25, 0.3) is 0 Å². The molecule has 0 atom stereocenters. The first-order valence-corrected chi connectivity index (χ1v) is 8.78. The second-order valence-electron chi connectivity index (χ2n) is 6.11.